The van der Waals surface area contributed by atoms with E-state index >= 15 is 0 Å². The maximum Gasteiger partial charge on any atom is 0.239 e. The number of carbonyl (C=O) groups is 3. The number of hydrogen-bond donors (Lipinski definition) is 0. The van der Waals surface area contributed by atoms with Crippen LogP contribution in [0.5, 0.6) is 0 Å². The van der Waals surface area contributed by atoms with Crippen LogP contribution in [0, 0.1) is 22.7 Å². The first kappa shape index (κ1) is 22.9. The van der Waals surface area contributed by atoms with E-state index in [0.29, 0.717) is 23.6 Å². The summed E-state index contributed by atoms with van der Waals surface area (Å²) in [5.41, 5.74) is 2.04. The normalized spacial score (nSPS) is 28.9. The number of benzene rings is 3. The summed E-state index contributed by atoms with van der Waals surface area (Å²) >= 11 is 6.09. The fourth-order valence-electron chi connectivity index (χ4n) is 7.30. The van der Waals surface area contributed by atoms with Gasteiger partial charge in [0.05, 0.1) is 28.4 Å². The van der Waals surface area contributed by atoms with Gasteiger partial charge in [-0.3, -0.25) is 14.4 Å². The number of anilines is 1. The summed E-state index contributed by atoms with van der Waals surface area (Å²) in [6.07, 6.45) is 0.894. The Morgan fingerprint density at radius 2 is 1.08 bits per heavy atom. The topological polar surface area (TPSA) is 54.5 Å². The Balaban J connectivity index is 1.67. The molecule has 4 atom stereocenters. The van der Waals surface area contributed by atoms with Gasteiger partial charge in [-0.05, 0) is 59.4 Å². The van der Waals surface area contributed by atoms with Crippen molar-refractivity contribution >= 4 is 46.0 Å². The lowest BCUT2D eigenvalue weighted by Gasteiger charge is -2.38. The number of hydrogen-bond acceptors (Lipinski definition) is 3. The van der Waals surface area contributed by atoms with Gasteiger partial charge >= 0.3 is 0 Å². The second kappa shape index (κ2) is 8.01. The molecule has 1 aliphatic heterocycles. The Hall–Kier alpha value is -3.50. The lowest BCUT2D eigenvalue weighted by Crippen LogP contribution is -2.41. The molecule has 4 unspecified atom stereocenters. The van der Waals surface area contributed by atoms with Crippen LogP contribution in [0.2, 0.25) is 5.02 Å². The highest BCUT2D eigenvalue weighted by Gasteiger charge is 2.80. The first-order valence-electron chi connectivity index (χ1n) is 12.5. The molecule has 1 heterocycles. The zero-order chi connectivity index (χ0) is 25.2. The average Bonchev–Trinajstić information content (AvgIpc) is 3.41. The number of halogens is 1. The van der Waals surface area contributed by atoms with Gasteiger partial charge in [-0.2, -0.15) is 0 Å². The van der Waals surface area contributed by atoms with Crippen molar-refractivity contribution in [2.45, 2.75) is 26.7 Å². The number of carbonyl (C=O) groups excluding carboxylic acids is 3. The van der Waals surface area contributed by atoms with E-state index in [2.05, 4.69) is 0 Å². The molecule has 1 saturated carbocycles. The molecule has 5 heteroatoms. The Labute approximate surface area is 215 Å². The molecule has 0 aromatic heterocycles. The minimum absolute atomic E-state index is 0.0187. The Bertz CT molecular complexity index is 1340. The van der Waals surface area contributed by atoms with E-state index in [0.717, 1.165) is 22.3 Å². The molecule has 3 aromatic rings. The number of amides is 2. The van der Waals surface area contributed by atoms with E-state index in [4.69, 9.17) is 11.6 Å². The third kappa shape index (κ3) is 2.63. The molecule has 0 spiro atoms. The van der Waals surface area contributed by atoms with Crippen molar-refractivity contribution in [3.8, 4) is 0 Å². The average molecular weight is 496 g/mol. The van der Waals surface area contributed by atoms with Crippen molar-refractivity contribution in [3.63, 3.8) is 0 Å². The van der Waals surface area contributed by atoms with Crippen LogP contribution in [0.3, 0.4) is 0 Å². The van der Waals surface area contributed by atoms with Gasteiger partial charge < -0.3 is 0 Å². The number of fused-ring (bicyclic) bond motifs is 5. The molecule has 0 N–H and O–H groups in total. The zero-order valence-electron chi connectivity index (χ0n) is 20.2. The van der Waals surface area contributed by atoms with Crippen LogP contribution in [0.15, 0.2) is 84.9 Å². The van der Waals surface area contributed by atoms with Crippen LogP contribution in [-0.2, 0) is 14.4 Å². The molecular weight excluding hydrogens is 470 g/mol. The monoisotopic (exact) mass is 495 g/mol. The molecule has 2 fully saturated rings. The van der Waals surface area contributed by atoms with Gasteiger partial charge in [0.15, 0.2) is 5.78 Å². The minimum atomic E-state index is -1.07. The zero-order valence-corrected chi connectivity index (χ0v) is 21.0. The standard InChI is InChI=1S/C31H26ClNO3/c1-3-30-23(19-11-7-5-8-12-19)24(20-13-9-6-10-14-20)31(4-2,29(30)36)26-25(30)27(34)33(28(26)35)22-17-15-21(32)16-18-22/h5-18,25-26H,3-4H2,1-2H3. The fraction of sp³-hybridized carbons (Fsp3) is 0.258. The second-order valence-corrected chi connectivity index (χ2v) is 10.3. The number of allylic oxidation sites excluding steroid dienone is 2. The second-order valence-electron chi connectivity index (χ2n) is 9.90. The van der Waals surface area contributed by atoms with Crippen molar-refractivity contribution in [2.24, 2.45) is 22.7 Å². The summed E-state index contributed by atoms with van der Waals surface area (Å²) in [6.45, 7) is 3.94. The Morgan fingerprint density at radius 3 is 1.47 bits per heavy atom. The van der Waals surface area contributed by atoms with E-state index in [1.807, 2.05) is 74.5 Å². The summed E-state index contributed by atoms with van der Waals surface area (Å²) in [5, 5.41) is 0.530. The van der Waals surface area contributed by atoms with Gasteiger partial charge in [-0.15, -0.1) is 0 Å². The molecule has 3 aromatic carbocycles. The highest BCUT2D eigenvalue weighted by Crippen LogP contribution is 2.75. The molecule has 2 amide bonds. The molecular formula is C31H26ClNO3. The Kier molecular flexibility index (Phi) is 5.10. The number of Topliss-reactive ketones (excluding diaryl/α,β-unsaturated/α-hetero) is 1. The molecule has 2 bridgehead atoms. The molecule has 180 valence electrons. The largest absolute Gasteiger partial charge is 0.298 e. The van der Waals surface area contributed by atoms with Crippen molar-refractivity contribution in [2.75, 3.05) is 4.90 Å². The summed E-state index contributed by atoms with van der Waals surface area (Å²) in [5.74, 6) is -2.04. The number of ketones is 1. The first-order chi connectivity index (χ1) is 17.4. The lowest BCUT2D eigenvalue weighted by atomic mass is 9.60. The third-order valence-corrected chi connectivity index (χ3v) is 8.90. The van der Waals surface area contributed by atoms with Crippen LogP contribution in [-0.4, -0.2) is 17.6 Å². The maximum absolute atomic E-state index is 14.7. The van der Waals surface area contributed by atoms with Crippen molar-refractivity contribution in [1.29, 1.82) is 0 Å². The molecule has 0 radical (unpaired) electrons. The van der Waals surface area contributed by atoms with Crippen molar-refractivity contribution in [3.05, 3.63) is 101 Å². The quantitative estimate of drug-likeness (QED) is 0.382. The van der Waals surface area contributed by atoms with Crippen LogP contribution in [0.1, 0.15) is 37.8 Å². The van der Waals surface area contributed by atoms with Crippen LogP contribution in [0.25, 0.3) is 11.1 Å². The van der Waals surface area contributed by atoms with Crippen molar-refractivity contribution < 1.29 is 14.4 Å². The van der Waals surface area contributed by atoms with E-state index in [-0.39, 0.29) is 17.6 Å². The molecule has 1 saturated heterocycles. The summed E-state index contributed by atoms with van der Waals surface area (Å²) in [4.78, 5) is 44.3. The fourth-order valence-corrected chi connectivity index (χ4v) is 7.43. The number of nitrogens with zero attached hydrogens (tertiary/aromatic N) is 1. The smallest absolute Gasteiger partial charge is 0.239 e. The third-order valence-electron chi connectivity index (χ3n) is 8.65. The van der Waals surface area contributed by atoms with E-state index < -0.39 is 22.7 Å². The predicted molar refractivity (Wildman–Crippen MR) is 141 cm³/mol. The lowest BCUT2D eigenvalue weighted by molar-refractivity contribution is -0.134. The minimum Gasteiger partial charge on any atom is -0.298 e. The molecule has 4 nitrogen and oxygen atoms in total. The first-order valence-corrected chi connectivity index (χ1v) is 12.9. The van der Waals surface area contributed by atoms with Gasteiger partial charge in [0.2, 0.25) is 11.8 Å². The van der Waals surface area contributed by atoms with E-state index in [9.17, 15) is 14.4 Å². The maximum atomic E-state index is 14.7. The SMILES string of the molecule is CCC12C(=O)C(CC)(C(c3ccccc3)=C1c1ccccc1)C1C(=O)N(c3ccc(Cl)cc3)C(=O)C12. The van der Waals surface area contributed by atoms with Crippen LogP contribution in [0.4, 0.5) is 5.69 Å². The molecule has 36 heavy (non-hydrogen) atoms. The summed E-state index contributed by atoms with van der Waals surface area (Å²) in [6, 6.07) is 26.6. The highest BCUT2D eigenvalue weighted by molar-refractivity contribution is 6.35. The van der Waals surface area contributed by atoms with Gasteiger partial charge in [-0.25, -0.2) is 4.90 Å². The highest BCUT2D eigenvalue weighted by atomic mass is 35.5. The van der Waals surface area contributed by atoms with E-state index in [1.165, 1.54) is 4.90 Å². The molecule has 3 aliphatic rings. The van der Waals surface area contributed by atoms with Gasteiger partial charge in [-0.1, -0.05) is 86.1 Å². The van der Waals surface area contributed by atoms with Crippen LogP contribution >= 0.6 is 11.6 Å². The summed E-state index contributed by atoms with van der Waals surface area (Å²) < 4.78 is 0. The molecule has 2 aliphatic carbocycles. The Morgan fingerprint density at radius 1 is 0.667 bits per heavy atom. The number of rotatable bonds is 5. The van der Waals surface area contributed by atoms with Crippen LogP contribution < -0.4 is 4.90 Å². The van der Waals surface area contributed by atoms with Gasteiger partial charge in [0, 0.05) is 5.02 Å². The summed E-state index contributed by atoms with van der Waals surface area (Å²) in [7, 11) is 0. The van der Waals surface area contributed by atoms with Crippen molar-refractivity contribution in [1.82, 2.24) is 0 Å². The van der Waals surface area contributed by atoms with Gasteiger partial charge in [0.1, 0.15) is 0 Å². The molecule has 6 rings (SSSR count). The predicted octanol–water partition coefficient (Wildman–Crippen LogP) is 6.45. The van der Waals surface area contributed by atoms with Gasteiger partial charge in [0.25, 0.3) is 0 Å². The van der Waals surface area contributed by atoms with E-state index in [1.54, 1.807) is 24.3 Å². The number of imide groups is 1.